The van der Waals surface area contributed by atoms with Crippen molar-refractivity contribution in [2.45, 2.75) is 25.8 Å². The number of nitrogens with zero attached hydrogens (tertiary/aromatic N) is 2. The van der Waals surface area contributed by atoms with Crippen molar-refractivity contribution in [3.63, 3.8) is 0 Å². The maximum Gasteiger partial charge on any atom is 0.160 e. The molecule has 1 aromatic heterocycles. The molecule has 0 bridgehead atoms. The van der Waals surface area contributed by atoms with Crippen molar-refractivity contribution in [3.8, 4) is 0 Å². The van der Waals surface area contributed by atoms with Gasteiger partial charge in [-0.1, -0.05) is 6.07 Å². The van der Waals surface area contributed by atoms with Gasteiger partial charge in [0.1, 0.15) is 9.84 Å². The molecule has 166 valence electrons. The fraction of sp³-hybridized carbons (Fsp3) is 0.391. The molecule has 0 aliphatic carbocycles. The van der Waals surface area contributed by atoms with Crippen LogP contribution in [0.25, 0.3) is 10.9 Å². The number of benzene rings is 2. The van der Waals surface area contributed by atoms with Crippen LogP contribution in [-0.4, -0.2) is 43.0 Å². The van der Waals surface area contributed by atoms with E-state index in [4.69, 9.17) is 0 Å². The number of hydrogen-bond donors (Lipinski definition) is 1. The summed E-state index contributed by atoms with van der Waals surface area (Å²) in [6, 6.07) is 9.84. The van der Waals surface area contributed by atoms with Gasteiger partial charge in [-0.3, -0.25) is 4.90 Å². The molecule has 0 fully saturated rings. The average molecular weight is 448 g/mol. The van der Waals surface area contributed by atoms with E-state index in [1.165, 1.54) is 29.0 Å². The highest BCUT2D eigenvalue weighted by atomic mass is 32.2. The Bertz CT molecular complexity index is 1220. The summed E-state index contributed by atoms with van der Waals surface area (Å²) in [7, 11) is -0.840. The Morgan fingerprint density at radius 3 is 2.52 bits per heavy atom. The minimum absolute atomic E-state index is 0.244. The molecule has 1 aliphatic rings. The van der Waals surface area contributed by atoms with Gasteiger partial charge >= 0.3 is 0 Å². The van der Waals surface area contributed by atoms with Crippen LogP contribution in [-0.2, 0) is 29.9 Å². The number of aryl methyl sites for hydroxylation is 1. The van der Waals surface area contributed by atoms with Crippen LogP contribution in [0.4, 0.5) is 20.2 Å². The van der Waals surface area contributed by atoms with Crippen molar-refractivity contribution in [1.82, 2.24) is 9.47 Å². The molecule has 3 aromatic rings. The molecule has 4 rings (SSSR count). The molecule has 0 spiro atoms. The molecule has 31 heavy (non-hydrogen) atoms. The Hall–Kier alpha value is -2.45. The molecule has 8 heteroatoms. The lowest BCUT2D eigenvalue weighted by Crippen LogP contribution is -2.31. The van der Waals surface area contributed by atoms with Crippen LogP contribution in [0.15, 0.2) is 36.4 Å². The minimum atomic E-state index is -2.90. The average Bonchev–Trinajstić information content (AvgIpc) is 2.99. The van der Waals surface area contributed by atoms with Gasteiger partial charge < -0.3 is 9.88 Å². The highest BCUT2D eigenvalue weighted by Gasteiger charge is 2.22. The van der Waals surface area contributed by atoms with Crippen molar-refractivity contribution in [1.29, 1.82) is 0 Å². The lowest BCUT2D eigenvalue weighted by atomic mass is 10.0. The minimum Gasteiger partial charge on any atom is -0.355 e. The zero-order valence-corrected chi connectivity index (χ0v) is 18.6. The molecule has 0 saturated carbocycles. The Balaban J connectivity index is 1.50. The van der Waals surface area contributed by atoms with E-state index in [-0.39, 0.29) is 5.75 Å². The van der Waals surface area contributed by atoms with Gasteiger partial charge in [-0.05, 0) is 49.2 Å². The second-order valence-electron chi connectivity index (χ2n) is 8.33. The number of halogens is 2. The third-order valence-corrected chi connectivity index (χ3v) is 6.96. The quantitative estimate of drug-likeness (QED) is 0.546. The van der Waals surface area contributed by atoms with Crippen LogP contribution in [0.1, 0.15) is 24.1 Å². The molecule has 5 nitrogen and oxygen atoms in total. The van der Waals surface area contributed by atoms with Crippen molar-refractivity contribution >= 4 is 32.1 Å². The first-order valence-corrected chi connectivity index (χ1v) is 12.5. The van der Waals surface area contributed by atoms with E-state index in [0.717, 1.165) is 55.8 Å². The van der Waals surface area contributed by atoms with Crippen LogP contribution in [0.3, 0.4) is 0 Å². The molecule has 0 atom stereocenters. The molecule has 1 N–H and O–H groups in total. The van der Waals surface area contributed by atoms with Gasteiger partial charge in [-0.25, -0.2) is 17.2 Å². The smallest absolute Gasteiger partial charge is 0.160 e. The van der Waals surface area contributed by atoms with Gasteiger partial charge in [0, 0.05) is 67.1 Å². The number of rotatable bonds is 7. The van der Waals surface area contributed by atoms with E-state index in [9.17, 15) is 17.2 Å². The van der Waals surface area contributed by atoms with Gasteiger partial charge in [-0.15, -0.1) is 0 Å². The normalized spacial score (nSPS) is 14.7. The number of anilines is 2. The van der Waals surface area contributed by atoms with E-state index in [0.29, 0.717) is 12.1 Å². The van der Waals surface area contributed by atoms with Crippen LogP contribution < -0.4 is 5.32 Å². The molecule has 0 saturated heterocycles. The highest BCUT2D eigenvalue weighted by Crippen LogP contribution is 2.32. The Labute approximate surface area is 181 Å². The Morgan fingerprint density at radius 1 is 1.03 bits per heavy atom. The molecule has 1 aliphatic heterocycles. The van der Waals surface area contributed by atoms with E-state index in [1.54, 1.807) is 0 Å². The number of hydrogen-bond acceptors (Lipinski definition) is 4. The molecule has 2 heterocycles. The summed E-state index contributed by atoms with van der Waals surface area (Å²) in [5, 5.41) is 4.34. The molecule has 2 aromatic carbocycles. The molecule has 0 amide bonds. The fourth-order valence-electron chi connectivity index (χ4n) is 4.34. The fourth-order valence-corrected chi connectivity index (χ4v) is 5.07. The van der Waals surface area contributed by atoms with E-state index < -0.39 is 21.5 Å². The van der Waals surface area contributed by atoms with Gasteiger partial charge in [0.15, 0.2) is 11.6 Å². The van der Waals surface area contributed by atoms with E-state index >= 15 is 0 Å². The number of nitrogens with one attached hydrogen (secondary N) is 1. The summed E-state index contributed by atoms with van der Waals surface area (Å²) in [5.41, 5.74) is 5.03. The van der Waals surface area contributed by atoms with E-state index in [2.05, 4.69) is 27.9 Å². The summed E-state index contributed by atoms with van der Waals surface area (Å²) >= 11 is 0. The second kappa shape index (κ2) is 8.59. The van der Waals surface area contributed by atoms with Crippen molar-refractivity contribution < 1.29 is 17.2 Å². The Morgan fingerprint density at radius 2 is 1.77 bits per heavy atom. The van der Waals surface area contributed by atoms with Crippen molar-refractivity contribution in [3.05, 3.63) is 59.3 Å². The third-order valence-electron chi connectivity index (χ3n) is 5.93. The number of fused-ring (bicyclic) bond motifs is 3. The first-order chi connectivity index (χ1) is 14.7. The topological polar surface area (TPSA) is 54.3 Å². The summed E-state index contributed by atoms with van der Waals surface area (Å²) in [4.78, 5) is 2.39. The van der Waals surface area contributed by atoms with Crippen LogP contribution in [0.2, 0.25) is 0 Å². The maximum absolute atomic E-state index is 13.5. The lowest BCUT2D eigenvalue weighted by Gasteiger charge is -2.27. The maximum atomic E-state index is 13.5. The SMILES string of the molecule is Cn1c2c(c3ccc(Nc4ccc(F)c(F)c4)cc31)CN(CCCCS(C)(=O)=O)CC2. The lowest BCUT2D eigenvalue weighted by molar-refractivity contribution is 0.249. The van der Waals surface area contributed by atoms with Gasteiger partial charge in [0.05, 0.1) is 5.52 Å². The predicted molar refractivity (Wildman–Crippen MR) is 120 cm³/mol. The van der Waals surface area contributed by atoms with Crippen molar-refractivity contribution in [2.75, 3.05) is 30.4 Å². The summed E-state index contributed by atoms with van der Waals surface area (Å²) in [6.07, 6.45) is 3.79. The standard InChI is InChI=1S/C23H27F2N3O2S/c1-27-22-9-11-28(10-3-4-12-31(2,29)30)15-19(22)18-7-5-17(14-23(18)27)26-16-6-8-20(24)21(25)13-16/h5-8,13-14,26H,3-4,9-12,15H2,1-2H3. The predicted octanol–water partition coefficient (Wildman–Crippen LogP) is 4.38. The zero-order chi connectivity index (χ0) is 22.2. The van der Waals surface area contributed by atoms with Crippen LogP contribution in [0.5, 0.6) is 0 Å². The molecular formula is C23H27F2N3O2S. The Kier molecular flexibility index (Phi) is 6.03. The summed E-state index contributed by atoms with van der Waals surface area (Å²) in [6.45, 7) is 2.69. The third kappa shape index (κ3) is 4.91. The van der Waals surface area contributed by atoms with Gasteiger partial charge in [0.25, 0.3) is 0 Å². The van der Waals surface area contributed by atoms with Crippen LogP contribution in [0, 0.1) is 11.6 Å². The van der Waals surface area contributed by atoms with E-state index in [1.807, 2.05) is 12.1 Å². The highest BCUT2D eigenvalue weighted by molar-refractivity contribution is 7.90. The largest absolute Gasteiger partial charge is 0.355 e. The van der Waals surface area contributed by atoms with Crippen molar-refractivity contribution in [2.24, 2.45) is 7.05 Å². The van der Waals surface area contributed by atoms with Gasteiger partial charge in [0.2, 0.25) is 0 Å². The molecule has 0 radical (unpaired) electrons. The monoisotopic (exact) mass is 447 g/mol. The molecular weight excluding hydrogens is 420 g/mol. The van der Waals surface area contributed by atoms with Gasteiger partial charge in [-0.2, -0.15) is 0 Å². The zero-order valence-electron chi connectivity index (χ0n) is 17.8. The molecule has 0 unspecified atom stereocenters. The summed E-state index contributed by atoms with van der Waals surface area (Å²) < 4.78 is 51.5. The second-order valence-corrected chi connectivity index (χ2v) is 10.6. The summed E-state index contributed by atoms with van der Waals surface area (Å²) in [5.74, 6) is -1.50. The number of aromatic nitrogens is 1. The first kappa shape index (κ1) is 21.8. The number of sulfone groups is 1. The first-order valence-electron chi connectivity index (χ1n) is 10.4. The number of unbranched alkanes of at least 4 members (excludes halogenated alkanes) is 1. The van der Waals surface area contributed by atoms with Crippen LogP contribution >= 0.6 is 0 Å².